The van der Waals surface area contributed by atoms with Crippen molar-refractivity contribution in [3.8, 4) is 0 Å². The third kappa shape index (κ3) is 2.94. The van der Waals surface area contributed by atoms with E-state index in [0.717, 1.165) is 23.2 Å². The molecule has 1 aromatic heterocycles. The van der Waals surface area contributed by atoms with Crippen LogP contribution in [0.25, 0.3) is 10.1 Å². The van der Waals surface area contributed by atoms with Crippen LogP contribution in [0, 0.1) is 5.92 Å². The summed E-state index contributed by atoms with van der Waals surface area (Å²) >= 11 is 1.46. The summed E-state index contributed by atoms with van der Waals surface area (Å²) in [7, 11) is 2.18. The zero-order valence-electron chi connectivity index (χ0n) is 15.3. The summed E-state index contributed by atoms with van der Waals surface area (Å²) in [4.78, 5) is 17.7. The van der Waals surface area contributed by atoms with Gasteiger partial charge < -0.3 is 15.1 Å². The Morgan fingerprint density at radius 2 is 2.04 bits per heavy atom. The Hall–Kier alpha value is -1.50. The van der Waals surface area contributed by atoms with Gasteiger partial charge in [-0.25, -0.2) is 0 Å². The van der Waals surface area contributed by atoms with Crippen LogP contribution in [-0.4, -0.2) is 65.9 Å². The quantitative estimate of drug-likeness (QED) is 0.902. The molecule has 6 heteroatoms. The van der Waals surface area contributed by atoms with Gasteiger partial charge in [0.1, 0.15) is 5.69 Å². The molecule has 4 saturated heterocycles. The molecule has 0 aliphatic carbocycles. The van der Waals surface area contributed by atoms with Crippen LogP contribution in [0.15, 0.2) is 18.2 Å². The highest BCUT2D eigenvalue weighted by molar-refractivity contribution is 7.13. The standard InChI is InChI=1S/C20H26N4OS/c1-23-7-4-15(11-23)14-2-3-16-18(10-14)26-22-19(16)20(25)21-17-12-24-8-5-13(17)6-9-24/h2-3,10,13,15,17H,4-9,11-12H2,1H3,(H,21,25)/t15?,17-/m1/s1. The smallest absolute Gasteiger partial charge is 0.271 e. The van der Waals surface area contributed by atoms with E-state index in [1.807, 2.05) is 0 Å². The molecule has 138 valence electrons. The fourth-order valence-electron chi connectivity index (χ4n) is 4.94. The van der Waals surface area contributed by atoms with E-state index >= 15 is 0 Å². The number of fused-ring (bicyclic) bond motifs is 4. The molecule has 1 aromatic carbocycles. The third-order valence-electron chi connectivity index (χ3n) is 6.55. The van der Waals surface area contributed by atoms with Gasteiger partial charge in [0, 0.05) is 24.5 Å². The van der Waals surface area contributed by atoms with E-state index in [1.54, 1.807) is 0 Å². The fourth-order valence-corrected chi connectivity index (χ4v) is 5.77. The van der Waals surface area contributed by atoms with E-state index in [4.69, 9.17) is 0 Å². The second-order valence-corrected chi connectivity index (χ2v) is 9.06. The number of rotatable bonds is 3. The van der Waals surface area contributed by atoms with E-state index in [1.165, 1.54) is 56.0 Å². The van der Waals surface area contributed by atoms with Gasteiger partial charge in [0.2, 0.25) is 0 Å². The Morgan fingerprint density at radius 3 is 2.73 bits per heavy atom. The summed E-state index contributed by atoms with van der Waals surface area (Å²) in [5.41, 5.74) is 1.99. The summed E-state index contributed by atoms with van der Waals surface area (Å²) in [6.07, 6.45) is 3.64. The third-order valence-corrected chi connectivity index (χ3v) is 7.35. The normalized spacial score (nSPS) is 31.6. The summed E-state index contributed by atoms with van der Waals surface area (Å²) in [6.45, 7) is 5.67. The first-order valence-electron chi connectivity index (χ1n) is 9.78. The molecule has 2 atom stereocenters. The van der Waals surface area contributed by atoms with Crippen LogP contribution in [-0.2, 0) is 0 Å². The van der Waals surface area contributed by atoms with E-state index in [0.29, 0.717) is 17.5 Å². The Labute approximate surface area is 158 Å². The van der Waals surface area contributed by atoms with Crippen molar-refractivity contribution in [1.82, 2.24) is 19.5 Å². The van der Waals surface area contributed by atoms with Crippen LogP contribution in [0.2, 0.25) is 0 Å². The van der Waals surface area contributed by atoms with Crippen molar-refractivity contribution >= 4 is 27.5 Å². The maximum atomic E-state index is 12.9. The van der Waals surface area contributed by atoms with Crippen molar-refractivity contribution in [3.63, 3.8) is 0 Å². The second-order valence-electron chi connectivity index (χ2n) is 8.25. The van der Waals surface area contributed by atoms with Gasteiger partial charge in [-0.2, -0.15) is 4.37 Å². The first-order valence-corrected chi connectivity index (χ1v) is 10.6. The molecule has 0 spiro atoms. The summed E-state index contributed by atoms with van der Waals surface area (Å²) in [6, 6.07) is 6.85. The first-order chi connectivity index (χ1) is 12.7. The molecule has 1 N–H and O–H groups in total. The van der Waals surface area contributed by atoms with Gasteiger partial charge in [-0.1, -0.05) is 12.1 Å². The zero-order valence-corrected chi connectivity index (χ0v) is 16.1. The lowest BCUT2D eigenvalue weighted by Gasteiger charge is -2.44. The van der Waals surface area contributed by atoms with Gasteiger partial charge in [-0.05, 0) is 80.9 Å². The maximum absolute atomic E-state index is 12.9. The number of likely N-dealkylation sites (tertiary alicyclic amines) is 1. The summed E-state index contributed by atoms with van der Waals surface area (Å²) < 4.78 is 5.65. The number of hydrogen-bond acceptors (Lipinski definition) is 5. The topological polar surface area (TPSA) is 48.5 Å². The lowest BCUT2D eigenvalue weighted by Crippen LogP contribution is -2.57. The van der Waals surface area contributed by atoms with Gasteiger partial charge in [0.05, 0.1) is 4.70 Å². The number of nitrogens with one attached hydrogen (secondary N) is 1. The SMILES string of the molecule is CN1CCC(c2ccc3c(C(=O)N[C@@H]4CN5CCC4CC5)nsc3c2)C1. The number of amides is 1. The monoisotopic (exact) mass is 370 g/mol. The van der Waals surface area contributed by atoms with Gasteiger partial charge in [0.15, 0.2) is 0 Å². The summed E-state index contributed by atoms with van der Waals surface area (Å²) in [5, 5.41) is 4.28. The molecule has 4 aliphatic rings. The highest BCUT2D eigenvalue weighted by Crippen LogP contribution is 2.32. The summed E-state index contributed by atoms with van der Waals surface area (Å²) in [5.74, 6) is 1.25. The second kappa shape index (κ2) is 6.59. The molecule has 0 saturated carbocycles. The molecule has 0 radical (unpaired) electrons. The lowest BCUT2D eigenvalue weighted by atomic mass is 9.84. The van der Waals surface area contributed by atoms with E-state index in [2.05, 4.69) is 44.7 Å². The molecule has 4 aliphatic heterocycles. The molecule has 4 fully saturated rings. The number of benzene rings is 1. The van der Waals surface area contributed by atoms with Crippen molar-refractivity contribution in [2.75, 3.05) is 39.8 Å². The van der Waals surface area contributed by atoms with Crippen LogP contribution in [0.4, 0.5) is 0 Å². The number of likely N-dealkylation sites (N-methyl/N-ethyl adjacent to an activating group) is 1. The minimum absolute atomic E-state index is 0.00310. The average molecular weight is 371 g/mol. The minimum Gasteiger partial charge on any atom is -0.346 e. The van der Waals surface area contributed by atoms with E-state index in [9.17, 15) is 4.79 Å². The van der Waals surface area contributed by atoms with Gasteiger partial charge >= 0.3 is 0 Å². The van der Waals surface area contributed by atoms with Crippen molar-refractivity contribution in [3.05, 3.63) is 29.5 Å². The fraction of sp³-hybridized carbons (Fsp3) is 0.600. The van der Waals surface area contributed by atoms with Crippen LogP contribution in [0.3, 0.4) is 0 Å². The number of aromatic nitrogens is 1. The van der Waals surface area contributed by atoms with Crippen LogP contribution >= 0.6 is 11.5 Å². The Balaban J connectivity index is 1.35. The van der Waals surface area contributed by atoms with Crippen molar-refractivity contribution < 1.29 is 4.79 Å². The molecule has 6 rings (SSSR count). The van der Waals surface area contributed by atoms with Gasteiger partial charge in [0.25, 0.3) is 5.91 Å². The van der Waals surface area contributed by atoms with Crippen molar-refractivity contribution in [2.45, 2.75) is 31.2 Å². The molecule has 1 unspecified atom stereocenters. The van der Waals surface area contributed by atoms with E-state index < -0.39 is 0 Å². The van der Waals surface area contributed by atoms with Gasteiger partial charge in [-0.15, -0.1) is 0 Å². The minimum atomic E-state index is 0.00310. The van der Waals surface area contributed by atoms with Crippen LogP contribution in [0.1, 0.15) is 41.2 Å². The molecule has 26 heavy (non-hydrogen) atoms. The first kappa shape index (κ1) is 16.7. The molecule has 5 nitrogen and oxygen atoms in total. The van der Waals surface area contributed by atoms with Crippen LogP contribution < -0.4 is 5.32 Å². The Morgan fingerprint density at radius 1 is 1.19 bits per heavy atom. The Bertz CT molecular complexity index is 826. The molecule has 1 amide bonds. The van der Waals surface area contributed by atoms with E-state index in [-0.39, 0.29) is 11.9 Å². The highest BCUT2D eigenvalue weighted by Gasteiger charge is 2.35. The maximum Gasteiger partial charge on any atom is 0.271 e. The molecular formula is C20H26N4OS. The molecule has 2 aromatic rings. The largest absolute Gasteiger partial charge is 0.346 e. The predicted octanol–water partition coefficient (Wildman–Crippen LogP) is 2.54. The lowest BCUT2D eigenvalue weighted by molar-refractivity contribution is 0.0619. The number of carbonyl (C=O) groups is 1. The number of piperidine rings is 3. The Kier molecular flexibility index (Phi) is 4.22. The number of nitrogens with zero attached hydrogens (tertiary/aromatic N) is 3. The molecule has 5 heterocycles. The predicted molar refractivity (Wildman–Crippen MR) is 105 cm³/mol. The van der Waals surface area contributed by atoms with Crippen molar-refractivity contribution in [1.29, 1.82) is 0 Å². The van der Waals surface area contributed by atoms with Gasteiger partial charge in [-0.3, -0.25) is 4.79 Å². The average Bonchev–Trinajstić information content (AvgIpc) is 3.28. The number of hydrogen-bond donors (Lipinski definition) is 1. The molecule has 2 bridgehead atoms. The van der Waals surface area contributed by atoms with Crippen molar-refractivity contribution in [2.24, 2.45) is 5.92 Å². The van der Waals surface area contributed by atoms with Crippen LogP contribution in [0.5, 0.6) is 0 Å². The zero-order chi connectivity index (χ0) is 17.7. The number of carbonyl (C=O) groups excluding carboxylic acids is 1. The highest BCUT2D eigenvalue weighted by atomic mass is 32.1. The molecular weight excluding hydrogens is 344 g/mol.